The zero-order valence-electron chi connectivity index (χ0n) is 20.0. The fourth-order valence-electron chi connectivity index (χ4n) is 3.71. The Hall–Kier alpha value is -4.26. The van der Waals surface area contributed by atoms with E-state index in [1.165, 1.54) is 24.3 Å². The SMILES string of the molecule is C=C(C1CN(C(C)=O)C1)N(C)Cc1ccc(N/C(=C/N)C(=Nc2cccc(C#N)c2)C(F)(F)F)cc1. The lowest BCUT2D eigenvalue weighted by Crippen LogP contribution is -2.51. The number of alkyl halides is 3. The van der Waals surface area contributed by atoms with Gasteiger partial charge in [-0.2, -0.15) is 18.4 Å². The molecule has 0 atom stereocenters. The molecule has 1 heterocycles. The zero-order valence-corrected chi connectivity index (χ0v) is 20.0. The Morgan fingerprint density at radius 3 is 2.53 bits per heavy atom. The molecule has 1 fully saturated rings. The predicted octanol–water partition coefficient (Wildman–Crippen LogP) is 4.53. The maximum absolute atomic E-state index is 13.8. The van der Waals surface area contributed by atoms with Crippen LogP contribution in [0.25, 0.3) is 0 Å². The molecule has 1 aliphatic heterocycles. The second-order valence-corrected chi connectivity index (χ2v) is 8.49. The molecular weight excluding hydrogens is 469 g/mol. The largest absolute Gasteiger partial charge is 0.435 e. The van der Waals surface area contributed by atoms with E-state index in [2.05, 4.69) is 16.9 Å². The number of carbonyl (C=O) groups is 1. The second kappa shape index (κ2) is 11.0. The van der Waals surface area contributed by atoms with Crippen LogP contribution in [0.4, 0.5) is 24.5 Å². The minimum atomic E-state index is -4.79. The van der Waals surface area contributed by atoms with Gasteiger partial charge >= 0.3 is 6.18 Å². The number of nitriles is 1. The Balaban J connectivity index is 1.69. The molecule has 1 aliphatic rings. The van der Waals surface area contributed by atoms with Crippen molar-refractivity contribution >= 4 is 23.0 Å². The maximum Gasteiger partial charge on any atom is 0.435 e. The Morgan fingerprint density at radius 1 is 1.31 bits per heavy atom. The minimum Gasteiger partial charge on any atom is -0.403 e. The number of aliphatic imine (C=N–C) groups is 1. The fraction of sp³-hybridized carbons (Fsp3) is 0.269. The van der Waals surface area contributed by atoms with Crippen molar-refractivity contribution in [3.63, 3.8) is 0 Å². The van der Waals surface area contributed by atoms with Crippen molar-refractivity contribution < 1.29 is 18.0 Å². The topological polar surface area (TPSA) is 97.8 Å². The van der Waals surface area contributed by atoms with Crippen molar-refractivity contribution in [2.75, 3.05) is 25.5 Å². The molecule has 0 radical (unpaired) electrons. The highest BCUT2D eigenvalue weighted by Crippen LogP contribution is 2.28. The van der Waals surface area contributed by atoms with Crippen LogP contribution in [0.15, 0.2) is 77.7 Å². The van der Waals surface area contributed by atoms with Crippen LogP contribution < -0.4 is 11.1 Å². The second-order valence-electron chi connectivity index (χ2n) is 8.49. The van der Waals surface area contributed by atoms with Crippen LogP contribution in [0.1, 0.15) is 18.1 Å². The molecule has 2 aromatic rings. The molecule has 0 saturated carbocycles. The molecule has 0 aromatic heterocycles. The molecule has 188 valence electrons. The standard InChI is InChI=1S/C26H27F3N6O/c1-17(21-15-35(16-21)18(2)36)34(3)14-19-7-9-22(10-8-19)32-24(13-31)25(26(27,28)29)33-23-6-4-5-20(11-23)12-30/h4-11,13,21,32H,1,14-16,31H2,2-3H3/b24-13+,33-25?. The van der Waals surface area contributed by atoms with Gasteiger partial charge in [0, 0.05) is 57.1 Å². The van der Waals surface area contributed by atoms with Gasteiger partial charge in [-0.3, -0.25) is 4.79 Å². The number of nitrogens with zero attached hydrogens (tertiary/aromatic N) is 4. The van der Waals surface area contributed by atoms with Gasteiger partial charge in [0.25, 0.3) is 0 Å². The third-order valence-electron chi connectivity index (χ3n) is 5.85. The first-order valence-corrected chi connectivity index (χ1v) is 11.1. The first-order valence-electron chi connectivity index (χ1n) is 11.1. The number of likely N-dealkylation sites (tertiary alicyclic amines) is 1. The number of carbonyl (C=O) groups excluding carboxylic acids is 1. The van der Waals surface area contributed by atoms with Crippen molar-refractivity contribution in [3.05, 3.63) is 83.8 Å². The van der Waals surface area contributed by atoms with Gasteiger partial charge in [-0.25, -0.2) is 4.99 Å². The monoisotopic (exact) mass is 496 g/mol. The van der Waals surface area contributed by atoms with Gasteiger partial charge in [0.1, 0.15) is 0 Å². The van der Waals surface area contributed by atoms with Crippen LogP contribution in [-0.4, -0.2) is 47.7 Å². The number of hydrogen-bond acceptors (Lipinski definition) is 6. The summed E-state index contributed by atoms with van der Waals surface area (Å²) in [6.07, 6.45) is -3.97. The number of nitrogens with two attached hydrogens (primary N) is 1. The third-order valence-corrected chi connectivity index (χ3v) is 5.85. The molecule has 2 aromatic carbocycles. The van der Waals surface area contributed by atoms with E-state index in [1.807, 2.05) is 18.0 Å². The molecule has 0 bridgehead atoms. The number of hydrogen-bond donors (Lipinski definition) is 2. The number of halogens is 3. The number of anilines is 1. The third kappa shape index (κ3) is 6.44. The van der Waals surface area contributed by atoms with Crippen LogP contribution in [0.3, 0.4) is 0 Å². The van der Waals surface area contributed by atoms with Gasteiger partial charge in [0.15, 0.2) is 5.71 Å². The van der Waals surface area contributed by atoms with Gasteiger partial charge in [-0.1, -0.05) is 24.8 Å². The highest BCUT2D eigenvalue weighted by Gasteiger charge is 2.38. The lowest BCUT2D eigenvalue weighted by atomic mass is 9.96. The van der Waals surface area contributed by atoms with Crippen LogP contribution in [0.2, 0.25) is 0 Å². The van der Waals surface area contributed by atoms with Crippen molar-refractivity contribution in [1.82, 2.24) is 9.80 Å². The molecule has 1 amide bonds. The summed E-state index contributed by atoms with van der Waals surface area (Å²) in [4.78, 5) is 18.9. The highest BCUT2D eigenvalue weighted by atomic mass is 19.4. The predicted molar refractivity (Wildman–Crippen MR) is 133 cm³/mol. The zero-order chi connectivity index (χ0) is 26.5. The van der Waals surface area contributed by atoms with E-state index in [0.29, 0.717) is 25.3 Å². The molecule has 36 heavy (non-hydrogen) atoms. The van der Waals surface area contributed by atoms with E-state index in [9.17, 15) is 18.0 Å². The lowest BCUT2D eigenvalue weighted by Gasteiger charge is -2.42. The summed E-state index contributed by atoms with van der Waals surface area (Å²) in [5.41, 5.74) is 6.35. The molecule has 3 rings (SSSR count). The number of amides is 1. The van der Waals surface area contributed by atoms with Crippen LogP contribution >= 0.6 is 0 Å². The summed E-state index contributed by atoms with van der Waals surface area (Å²) in [6.45, 7) is 7.54. The summed E-state index contributed by atoms with van der Waals surface area (Å²) in [6, 6.07) is 14.4. The van der Waals surface area contributed by atoms with E-state index in [-0.39, 0.29) is 23.1 Å². The Morgan fingerprint density at radius 2 is 1.97 bits per heavy atom. The van der Waals surface area contributed by atoms with Crippen molar-refractivity contribution in [2.24, 2.45) is 16.6 Å². The van der Waals surface area contributed by atoms with E-state index in [4.69, 9.17) is 11.0 Å². The van der Waals surface area contributed by atoms with Gasteiger partial charge in [0.2, 0.25) is 5.91 Å². The quantitative estimate of drug-likeness (QED) is 0.524. The Labute approximate surface area is 208 Å². The van der Waals surface area contributed by atoms with Gasteiger partial charge in [-0.15, -0.1) is 0 Å². The van der Waals surface area contributed by atoms with Crippen LogP contribution in [-0.2, 0) is 11.3 Å². The average molecular weight is 497 g/mol. The van der Waals surface area contributed by atoms with Crippen molar-refractivity contribution in [1.29, 1.82) is 5.26 Å². The van der Waals surface area contributed by atoms with Gasteiger partial charge in [-0.05, 0) is 35.9 Å². The molecular formula is C26H27F3N6O. The molecule has 0 spiro atoms. The van der Waals surface area contributed by atoms with Crippen LogP contribution in [0, 0.1) is 17.2 Å². The smallest absolute Gasteiger partial charge is 0.403 e. The molecule has 0 aliphatic carbocycles. The number of benzene rings is 2. The van der Waals surface area contributed by atoms with E-state index < -0.39 is 17.6 Å². The lowest BCUT2D eigenvalue weighted by molar-refractivity contribution is -0.134. The Kier molecular flexibility index (Phi) is 8.04. The van der Waals surface area contributed by atoms with E-state index in [0.717, 1.165) is 17.5 Å². The molecule has 10 heteroatoms. The summed E-state index contributed by atoms with van der Waals surface area (Å²) < 4.78 is 41.4. The van der Waals surface area contributed by atoms with Crippen molar-refractivity contribution in [3.8, 4) is 6.07 Å². The van der Waals surface area contributed by atoms with E-state index in [1.54, 1.807) is 36.1 Å². The average Bonchev–Trinajstić information content (AvgIpc) is 2.80. The van der Waals surface area contributed by atoms with Crippen molar-refractivity contribution in [2.45, 2.75) is 19.6 Å². The van der Waals surface area contributed by atoms with Gasteiger partial charge in [0.05, 0.1) is 23.0 Å². The summed E-state index contributed by atoms with van der Waals surface area (Å²) in [5, 5.41) is 11.7. The number of rotatable bonds is 8. The number of allylic oxidation sites excluding steroid dienone is 1. The normalized spacial score (nSPS) is 14.6. The fourth-order valence-corrected chi connectivity index (χ4v) is 3.71. The Bertz CT molecular complexity index is 1220. The maximum atomic E-state index is 13.8. The molecule has 7 nitrogen and oxygen atoms in total. The summed E-state index contributed by atoms with van der Waals surface area (Å²) in [7, 11) is 1.91. The summed E-state index contributed by atoms with van der Waals surface area (Å²) >= 11 is 0. The highest BCUT2D eigenvalue weighted by molar-refractivity contribution is 6.07. The summed E-state index contributed by atoms with van der Waals surface area (Å²) in [5.74, 6) is 0.260. The minimum absolute atomic E-state index is 0.0148. The molecule has 0 unspecified atom stereocenters. The first-order chi connectivity index (χ1) is 17.0. The van der Waals surface area contributed by atoms with Gasteiger partial charge < -0.3 is 20.9 Å². The molecule has 3 N–H and O–H groups in total. The number of nitrogens with one attached hydrogen (secondary N) is 1. The van der Waals surface area contributed by atoms with Crippen LogP contribution in [0.5, 0.6) is 0 Å². The van der Waals surface area contributed by atoms with E-state index >= 15 is 0 Å². The molecule has 1 saturated heterocycles. The first kappa shape index (κ1) is 26.3.